The highest BCUT2D eigenvalue weighted by Gasteiger charge is 2.38. The van der Waals surface area contributed by atoms with E-state index < -0.39 is 10.1 Å². The van der Waals surface area contributed by atoms with E-state index in [2.05, 4.69) is 0 Å². The average Bonchev–Trinajstić information content (AvgIpc) is 3.06. The molecule has 1 saturated heterocycles. The minimum Gasteiger partial charge on any atom is -0.395 e. The van der Waals surface area contributed by atoms with Crippen LogP contribution in [0.4, 0.5) is 5.69 Å². The van der Waals surface area contributed by atoms with Crippen molar-refractivity contribution in [1.82, 2.24) is 4.90 Å². The molecule has 1 fully saturated rings. The lowest BCUT2D eigenvalue weighted by atomic mass is 10.3. The Kier molecular flexibility index (Phi) is 5.94. The highest BCUT2D eigenvalue weighted by molar-refractivity contribution is 8.27. The minimum absolute atomic E-state index is 0.141. The van der Waals surface area contributed by atoms with Crippen LogP contribution in [0.2, 0.25) is 0 Å². The van der Waals surface area contributed by atoms with Crippen molar-refractivity contribution in [3.05, 3.63) is 34.2 Å². The number of aliphatic hydroxyl groups is 1. The minimum atomic E-state index is -4.04. The largest absolute Gasteiger partial charge is 0.395 e. The second-order valence-corrected chi connectivity index (χ2v) is 9.79. The Morgan fingerprint density at radius 3 is 2.54 bits per heavy atom. The standard InChI is InChI=1S/C15H16N2O5S4/c18-8-7-17-13(19)12(25-15(17)23)14-16(6-3-9-26(20,21)22)10-4-1-2-5-11(10)24-14/h1-2,4-5,18H,3,6-9H2,(H,20,21,22)/b14-12+. The van der Waals surface area contributed by atoms with Crippen LogP contribution in [0.1, 0.15) is 6.42 Å². The quantitative estimate of drug-likeness (QED) is 0.397. The molecule has 0 radical (unpaired) electrons. The summed E-state index contributed by atoms with van der Waals surface area (Å²) in [6.45, 7) is 0.297. The van der Waals surface area contributed by atoms with E-state index in [4.69, 9.17) is 21.9 Å². The molecule has 11 heteroatoms. The maximum Gasteiger partial charge on any atom is 0.268 e. The Morgan fingerprint density at radius 1 is 1.12 bits per heavy atom. The van der Waals surface area contributed by atoms with Crippen LogP contribution in [0.3, 0.4) is 0 Å². The molecule has 2 aliphatic heterocycles. The molecule has 0 unspecified atom stereocenters. The lowest BCUT2D eigenvalue weighted by molar-refractivity contribution is -0.122. The van der Waals surface area contributed by atoms with Crippen LogP contribution in [-0.4, -0.2) is 58.7 Å². The van der Waals surface area contributed by atoms with Crippen molar-refractivity contribution in [2.45, 2.75) is 11.3 Å². The number of thioether (sulfide) groups is 2. The normalized spacial score (nSPS) is 20.2. The first-order valence-electron chi connectivity index (χ1n) is 7.70. The molecule has 0 bridgehead atoms. The van der Waals surface area contributed by atoms with Gasteiger partial charge in [0.05, 0.1) is 24.6 Å². The molecule has 0 atom stereocenters. The topological polar surface area (TPSA) is 98.2 Å². The first-order valence-corrected chi connectivity index (χ1v) is 11.4. The third kappa shape index (κ3) is 4.07. The molecule has 2 aliphatic rings. The number of carbonyl (C=O) groups is 1. The summed E-state index contributed by atoms with van der Waals surface area (Å²) in [6.07, 6.45) is 0.216. The maximum atomic E-state index is 12.7. The van der Waals surface area contributed by atoms with Crippen LogP contribution in [0.25, 0.3) is 0 Å². The van der Waals surface area contributed by atoms with Gasteiger partial charge in [-0.25, -0.2) is 0 Å². The van der Waals surface area contributed by atoms with Gasteiger partial charge in [-0.1, -0.05) is 47.9 Å². The van der Waals surface area contributed by atoms with Gasteiger partial charge in [0.25, 0.3) is 16.0 Å². The number of thiocarbonyl (C=S) groups is 1. The van der Waals surface area contributed by atoms with Crippen molar-refractivity contribution in [2.24, 2.45) is 0 Å². The Bertz CT molecular complexity index is 884. The van der Waals surface area contributed by atoms with Crippen molar-refractivity contribution < 1.29 is 22.9 Å². The van der Waals surface area contributed by atoms with Crippen LogP contribution in [0.5, 0.6) is 0 Å². The van der Waals surface area contributed by atoms with Crippen molar-refractivity contribution in [1.29, 1.82) is 0 Å². The summed E-state index contributed by atoms with van der Waals surface area (Å²) >= 11 is 7.85. The Morgan fingerprint density at radius 2 is 1.85 bits per heavy atom. The molecule has 1 amide bonds. The van der Waals surface area contributed by atoms with Gasteiger partial charge in [0.2, 0.25) is 0 Å². The van der Waals surface area contributed by atoms with Gasteiger partial charge in [0.1, 0.15) is 14.3 Å². The fourth-order valence-electron chi connectivity index (χ4n) is 2.65. The number of benzene rings is 1. The first kappa shape index (κ1) is 19.6. The van der Waals surface area contributed by atoms with E-state index in [0.717, 1.165) is 10.6 Å². The van der Waals surface area contributed by atoms with Gasteiger partial charge in [-0.2, -0.15) is 8.42 Å². The fourth-order valence-corrected chi connectivity index (χ4v) is 5.79. The van der Waals surface area contributed by atoms with Crippen molar-refractivity contribution in [3.63, 3.8) is 0 Å². The fraction of sp³-hybridized carbons (Fsp3) is 0.333. The molecule has 7 nitrogen and oxygen atoms in total. The van der Waals surface area contributed by atoms with Crippen LogP contribution in [0.15, 0.2) is 39.1 Å². The summed E-state index contributed by atoms with van der Waals surface area (Å²) in [6, 6.07) is 7.59. The molecule has 0 saturated carbocycles. The van der Waals surface area contributed by atoms with E-state index in [1.54, 1.807) is 0 Å². The van der Waals surface area contributed by atoms with E-state index in [-0.39, 0.29) is 31.2 Å². The van der Waals surface area contributed by atoms with Crippen LogP contribution in [-0.2, 0) is 14.9 Å². The number of anilines is 1. The second-order valence-electron chi connectivity index (χ2n) is 5.54. The number of carbonyl (C=O) groups excluding carboxylic acids is 1. The Hall–Kier alpha value is -1.11. The summed E-state index contributed by atoms with van der Waals surface area (Å²) in [5, 5.41) is 9.82. The number of β-amino-alcohol motifs (C(OH)–C–C–N with tert-alkyl or cyclic N) is 1. The molecule has 0 spiro atoms. The number of amides is 1. The number of rotatable bonds is 6. The third-order valence-electron chi connectivity index (χ3n) is 3.76. The van der Waals surface area contributed by atoms with E-state index in [1.165, 1.54) is 28.4 Å². The maximum absolute atomic E-state index is 12.7. The lowest BCUT2D eigenvalue weighted by Crippen LogP contribution is -2.31. The SMILES string of the molecule is O=C1/C(=C2\Sc3ccccc3N2CCCS(=O)(=O)O)SC(=S)N1CCO. The molecule has 2 N–H and O–H groups in total. The number of hydrogen-bond donors (Lipinski definition) is 2. The highest BCUT2D eigenvalue weighted by Crippen LogP contribution is 2.50. The zero-order valence-electron chi connectivity index (χ0n) is 13.5. The van der Waals surface area contributed by atoms with Gasteiger partial charge in [0, 0.05) is 11.4 Å². The molecule has 140 valence electrons. The smallest absolute Gasteiger partial charge is 0.268 e. The molecule has 0 aromatic heterocycles. The van der Waals surface area contributed by atoms with E-state index in [1.807, 2.05) is 29.2 Å². The number of para-hydroxylation sites is 1. The zero-order chi connectivity index (χ0) is 18.9. The Labute approximate surface area is 165 Å². The van der Waals surface area contributed by atoms with Gasteiger partial charge in [-0.05, 0) is 18.6 Å². The van der Waals surface area contributed by atoms with Gasteiger partial charge in [-0.3, -0.25) is 14.2 Å². The van der Waals surface area contributed by atoms with Crippen molar-refractivity contribution in [2.75, 3.05) is 30.3 Å². The van der Waals surface area contributed by atoms with E-state index >= 15 is 0 Å². The second kappa shape index (κ2) is 7.87. The van der Waals surface area contributed by atoms with Crippen LogP contribution < -0.4 is 4.90 Å². The van der Waals surface area contributed by atoms with Gasteiger partial charge in [0.15, 0.2) is 0 Å². The van der Waals surface area contributed by atoms with Gasteiger partial charge in [-0.15, -0.1) is 0 Å². The summed E-state index contributed by atoms with van der Waals surface area (Å²) in [5.74, 6) is -0.612. The molecule has 0 aliphatic carbocycles. The predicted molar refractivity (Wildman–Crippen MR) is 107 cm³/mol. The number of aliphatic hydroxyl groups excluding tert-OH is 1. The highest BCUT2D eigenvalue weighted by atomic mass is 32.2. The van der Waals surface area contributed by atoms with Crippen molar-refractivity contribution in [3.8, 4) is 0 Å². The number of nitrogens with zero attached hydrogens (tertiary/aromatic N) is 2. The first-order chi connectivity index (χ1) is 12.3. The molecular weight excluding hydrogens is 416 g/mol. The summed E-state index contributed by atoms with van der Waals surface area (Å²) < 4.78 is 31.4. The molecular formula is C15H16N2O5S4. The van der Waals surface area contributed by atoms with Gasteiger partial charge >= 0.3 is 0 Å². The summed E-state index contributed by atoms with van der Waals surface area (Å²) in [7, 11) is -4.04. The number of hydrogen-bond acceptors (Lipinski definition) is 8. The van der Waals surface area contributed by atoms with E-state index in [9.17, 15) is 13.2 Å². The molecule has 1 aromatic carbocycles. The third-order valence-corrected chi connectivity index (χ3v) is 7.31. The molecule has 26 heavy (non-hydrogen) atoms. The molecule has 3 rings (SSSR count). The van der Waals surface area contributed by atoms with Gasteiger partial charge < -0.3 is 10.0 Å². The average molecular weight is 433 g/mol. The monoisotopic (exact) mass is 432 g/mol. The zero-order valence-corrected chi connectivity index (χ0v) is 16.8. The lowest BCUT2D eigenvalue weighted by Gasteiger charge is -2.21. The summed E-state index contributed by atoms with van der Waals surface area (Å²) in [4.78, 5) is 17.4. The van der Waals surface area contributed by atoms with Crippen LogP contribution in [0, 0.1) is 0 Å². The molecule has 2 heterocycles. The number of fused-ring (bicyclic) bond motifs is 1. The Balaban J connectivity index is 1.92. The van der Waals surface area contributed by atoms with Crippen molar-refractivity contribution >= 4 is 61.8 Å². The summed E-state index contributed by atoms with van der Waals surface area (Å²) in [5.41, 5.74) is 0.885. The predicted octanol–water partition coefficient (Wildman–Crippen LogP) is 1.90. The van der Waals surface area contributed by atoms with Crippen LogP contribution >= 0.6 is 35.7 Å². The van der Waals surface area contributed by atoms with E-state index in [0.29, 0.717) is 20.8 Å². The molecule has 1 aromatic rings.